The van der Waals surface area contributed by atoms with Crippen LogP contribution >= 0.6 is 0 Å². The van der Waals surface area contributed by atoms with Crippen molar-refractivity contribution in [2.24, 2.45) is 11.5 Å². The lowest BCUT2D eigenvalue weighted by Gasteiger charge is -2.31. The van der Waals surface area contributed by atoms with Crippen LogP contribution in [-0.2, 0) is 0 Å². The van der Waals surface area contributed by atoms with E-state index in [1.807, 2.05) is 19.1 Å². The van der Waals surface area contributed by atoms with Crippen LogP contribution in [0.15, 0.2) is 23.3 Å². The highest BCUT2D eigenvalue weighted by Gasteiger charge is 2.26. The maximum absolute atomic E-state index is 5.93. The second-order valence-corrected chi connectivity index (χ2v) is 3.57. The van der Waals surface area contributed by atoms with Gasteiger partial charge in [0.05, 0.1) is 5.54 Å². The third kappa shape index (κ3) is 1.52. The highest BCUT2D eigenvalue weighted by atomic mass is 14.8. The average Bonchev–Trinajstić information content (AvgIpc) is 1.83. The van der Waals surface area contributed by atoms with Gasteiger partial charge in [0, 0.05) is 6.04 Å². The van der Waals surface area contributed by atoms with Gasteiger partial charge < -0.3 is 11.5 Å². The Bertz CT molecular complexity index is 224. The van der Waals surface area contributed by atoms with Gasteiger partial charge in [-0.25, -0.2) is 0 Å². The summed E-state index contributed by atoms with van der Waals surface area (Å²) in [5.41, 5.74) is 13.8. The summed E-state index contributed by atoms with van der Waals surface area (Å²) >= 11 is 0. The van der Waals surface area contributed by atoms with Crippen molar-refractivity contribution in [2.45, 2.75) is 32.4 Å². The van der Waals surface area contributed by atoms with Crippen molar-refractivity contribution in [1.82, 2.24) is 0 Å². The van der Waals surface area contributed by atoms with E-state index >= 15 is 0 Å². The molecule has 0 amide bonds. The van der Waals surface area contributed by atoms with Crippen LogP contribution < -0.4 is 11.5 Å². The van der Waals surface area contributed by atoms with Crippen molar-refractivity contribution in [1.29, 1.82) is 0 Å². The molecule has 1 aliphatic rings. The lowest BCUT2D eigenvalue weighted by Crippen LogP contribution is -2.51. The zero-order valence-electron chi connectivity index (χ0n) is 7.39. The van der Waals surface area contributed by atoms with Gasteiger partial charge in [0.1, 0.15) is 0 Å². The quantitative estimate of drug-likeness (QED) is 0.542. The Morgan fingerprint density at radius 3 is 2.36 bits per heavy atom. The number of allylic oxidation sites excluding steroid dienone is 2. The molecule has 0 aromatic heterocycles. The Hall–Kier alpha value is -0.600. The highest BCUT2D eigenvalue weighted by Crippen LogP contribution is 2.22. The Kier molecular flexibility index (Phi) is 1.90. The van der Waals surface area contributed by atoms with Gasteiger partial charge in [-0.3, -0.25) is 0 Å². The largest absolute Gasteiger partial charge is 0.323 e. The van der Waals surface area contributed by atoms with E-state index in [1.54, 1.807) is 0 Å². The molecule has 2 unspecified atom stereocenters. The Balaban J connectivity index is 2.98. The van der Waals surface area contributed by atoms with Crippen LogP contribution in [0, 0.1) is 0 Å². The summed E-state index contributed by atoms with van der Waals surface area (Å²) in [5, 5.41) is 0. The average molecular weight is 152 g/mol. The molecule has 0 saturated carbocycles. The molecule has 0 bridgehead atoms. The summed E-state index contributed by atoms with van der Waals surface area (Å²) in [7, 11) is 0. The molecule has 62 valence electrons. The standard InChI is InChI=1S/C9H16N2/c1-6-4-8(10)9(3,11)5-7(6)2/h4-5,8H,10-11H2,1-3H3. The molecule has 0 saturated heterocycles. The van der Waals surface area contributed by atoms with Gasteiger partial charge in [-0.05, 0) is 20.8 Å². The van der Waals surface area contributed by atoms with Gasteiger partial charge >= 0.3 is 0 Å². The lowest BCUT2D eigenvalue weighted by atomic mass is 9.84. The fraction of sp³-hybridized carbons (Fsp3) is 0.556. The molecular weight excluding hydrogens is 136 g/mol. The van der Waals surface area contributed by atoms with Gasteiger partial charge in [-0.2, -0.15) is 0 Å². The molecule has 1 rings (SSSR count). The normalized spacial score (nSPS) is 38.1. The Morgan fingerprint density at radius 1 is 1.36 bits per heavy atom. The molecule has 0 spiro atoms. The monoisotopic (exact) mass is 152 g/mol. The third-order valence-electron chi connectivity index (χ3n) is 2.30. The molecule has 0 aromatic carbocycles. The SMILES string of the molecule is CC1=CC(N)C(C)(N)C=C1C. The molecule has 2 nitrogen and oxygen atoms in total. The molecule has 0 heterocycles. The molecule has 0 aliphatic heterocycles. The lowest BCUT2D eigenvalue weighted by molar-refractivity contribution is 0.508. The molecular formula is C9H16N2. The van der Waals surface area contributed by atoms with Gasteiger partial charge in [-0.1, -0.05) is 23.3 Å². The molecule has 0 fully saturated rings. The smallest absolute Gasteiger partial charge is 0.0506 e. The van der Waals surface area contributed by atoms with E-state index in [9.17, 15) is 0 Å². The molecule has 11 heavy (non-hydrogen) atoms. The van der Waals surface area contributed by atoms with Crippen LogP contribution in [0.1, 0.15) is 20.8 Å². The van der Waals surface area contributed by atoms with Crippen molar-refractivity contribution in [2.75, 3.05) is 0 Å². The van der Waals surface area contributed by atoms with E-state index in [0.29, 0.717) is 0 Å². The minimum absolute atomic E-state index is 0.0498. The summed E-state index contributed by atoms with van der Waals surface area (Å²) in [6, 6.07) is -0.0498. The fourth-order valence-corrected chi connectivity index (χ4v) is 1.26. The fourth-order valence-electron chi connectivity index (χ4n) is 1.26. The predicted octanol–water partition coefficient (Wildman–Crippen LogP) is 0.937. The van der Waals surface area contributed by atoms with Crippen LogP contribution in [0.2, 0.25) is 0 Å². The Morgan fingerprint density at radius 2 is 1.91 bits per heavy atom. The van der Waals surface area contributed by atoms with E-state index in [2.05, 4.69) is 13.8 Å². The van der Waals surface area contributed by atoms with Crippen molar-refractivity contribution in [3.63, 3.8) is 0 Å². The van der Waals surface area contributed by atoms with Crippen LogP contribution in [0.25, 0.3) is 0 Å². The topological polar surface area (TPSA) is 52.0 Å². The minimum atomic E-state index is -0.371. The molecule has 2 heteroatoms. The van der Waals surface area contributed by atoms with Crippen molar-refractivity contribution in [3.05, 3.63) is 23.3 Å². The van der Waals surface area contributed by atoms with E-state index in [-0.39, 0.29) is 11.6 Å². The molecule has 0 radical (unpaired) electrons. The summed E-state index contributed by atoms with van der Waals surface area (Å²) in [6.45, 7) is 6.06. The first-order valence-electron chi connectivity index (χ1n) is 3.86. The molecule has 0 aromatic rings. The number of rotatable bonds is 0. The van der Waals surface area contributed by atoms with E-state index in [1.165, 1.54) is 11.1 Å². The number of nitrogens with two attached hydrogens (primary N) is 2. The maximum atomic E-state index is 5.93. The summed E-state index contributed by atoms with van der Waals surface area (Å²) in [4.78, 5) is 0. The van der Waals surface area contributed by atoms with Crippen molar-refractivity contribution in [3.8, 4) is 0 Å². The van der Waals surface area contributed by atoms with Gasteiger partial charge in [0.15, 0.2) is 0 Å². The van der Waals surface area contributed by atoms with Gasteiger partial charge in [0.2, 0.25) is 0 Å². The third-order valence-corrected chi connectivity index (χ3v) is 2.30. The van der Waals surface area contributed by atoms with Crippen molar-refractivity contribution < 1.29 is 0 Å². The summed E-state index contributed by atoms with van der Waals surface area (Å²) in [5.74, 6) is 0. The number of hydrogen-bond donors (Lipinski definition) is 2. The first-order chi connectivity index (χ1) is 4.93. The Labute approximate surface area is 68.0 Å². The van der Waals surface area contributed by atoms with Crippen molar-refractivity contribution >= 4 is 0 Å². The highest BCUT2D eigenvalue weighted by molar-refractivity contribution is 5.38. The summed E-state index contributed by atoms with van der Waals surface area (Å²) < 4.78 is 0. The van der Waals surface area contributed by atoms with Crippen LogP contribution in [0.4, 0.5) is 0 Å². The van der Waals surface area contributed by atoms with Gasteiger partial charge in [-0.15, -0.1) is 0 Å². The first kappa shape index (κ1) is 8.50. The predicted molar refractivity (Wildman–Crippen MR) is 48.1 cm³/mol. The van der Waals surface area contributed by atoms with Gasteiger partial charge in [0.25, 0.3) is 0 Å². The minimum Gasteiger partial charge on any atom is -0.323 e. The van der Waals surface area contributed by atoms with E-state index in [4.69, 9.17) is 11.5 Å². The van der Waals surface area contributed by atoms with E-state index in [0.717, 1.165) is 0 Å². The zero-order chi connectivity index (χ0) is 8.65. The second kappa shape index (κ2) is 2.47. The van der Waals surface area contributed by atoms with Crippen LogP contribution in [-0.4, -0.2) is 11.6 Å². The van der Waals surface area contributed by atoms with Crippen LogP contribution in [0.3, 0.4) is 0 Å². The number of hydrogen-bond acceptors (Lipinski definition) is 2. The zero-order valence-corrected chi connectivity index (χ0v) is 7.39. The van der Waals surface area contributed by atoms with E-state index < -0.39 is 0 Å². The first-order valence-corrected chi connectivity index (χ1v) is 3.86. The van der Waals surface area contributed by atoms with Crippen LogP contribution in [0.5, 0.6) is 0 Å². The molecule has 4 N–H and O–H groups in total. The maximum Gasteiger partial charge on any atom is 0.0506 e. The second-order valence-electron chi connectivity index (χ2n) is 3.57. The molecule has 1 aliphatic carbocycles. The summed E-state index contributed by atoms with van der Waals surface area (Å²) in [6.07, 6.45) is 4.06. The molecule has 2 atom stereocenters.